The van der Waals surface area contributed by atoms with Crippen molar-refractivity contribution in [2.75, 3.05) is 25.5 Å². The number of fused-ring (bicyclic) bond motifs is 3. The Balaban J connectivity index is 1.31. The van der Waals surface area contributed by atoms with Gasteiger partial charge in [-0.05, 0) is 50.4 Å². The number of aryl methyl sites for hydroxylation is 2. The molecule has 1 amide bonds. The van der Waals surface area contributed by atoms with Gasteiger partial charge in [0.25, 0.3) is 0 Å². The molecule has 8 nitrogen and oxygen atoms in total. The number of carbonyl (C=O) groups excluding carboxylic acids is 1. The molecule has 158 valence electrons. The molecule has 3 atom stereocenters. The molecule has 1 N–H and O–H groups in total. The quantitative estimate of drug-likeness (QED) is 0.552. The van der Waals surface area contributed by atoms with Crippen molar-refractivity contribution >= 4 is 23.0 Å². The lowest BCUT2D eigenvalue weighted by atomic mass is 10.1. The van der Waals surface area contributed by atoms with Gasteiger partial charge in [-0.2, -0.15) is 5.10 Å². The predicted molar refractivity (Wildman–Crippen MR) is 113 cm³/mol. The summed E-state index contributed by atoms with van der Waals surface area (Å²) >= 11 is 0. The van der Waals surface area contributed by atoms with Crippen LogP contribution in [0.5, 0.6) is 0 Å². The molecule has 0 bridgehead atoms. The van der Waals surface area contributed by atoms with Crippen molar-refractivity contribution in [2.24, 2.45) is 17.8 Å². The molecule has 6 rings (SSSR count). The van der Waals surface area contributed by atoms with Crippen LogP contribution < -0.4 is 5.32 Å². The molecule has 5 heterocycles. The Hall–Kier alpha value is -3.33. The summed E-state index contributed by atoms with van der Waals surface area (Å²) in [7, 11) is 2.08. The molecular formula is C22H22FN7O. The summed E-state index contributed by atoms with van der Waals surface area (Å²) in [5, 5.41) is 7.46. The number of piperidine rings is 1. The van der Waals surface area contributed by atoms with Crippen LogP contribution in [0.2, 0.25) is 0 Å². The molecule has 0 aromatic carbocycles. The maximum Gasteiger partial charge on any atom is 0.229 e. The summed E-state index contributed by atoms with van der Waals surface area (Å²) in [5.74, 6) is 0.778. The Morgan fingerprint density at radius 2 is 1.87 bits per heavy atom. The number of rotatable bonds is 3. The Kier molecular flexibility index (Phi) is 3.77. The molecular weight excluding hydrogens is 397 g/mol. The van der Waals surface area contributed by atoms with E-state index in [1.165, 1.54) is 6.07 Å². The molecule has 4 aromatic rings. The van der Waals surface area contributed by atoms with E-state index in [1.54, 1.807) is 21.3 Å². The van der Waals surface area contributed by atoms with Gasteiger partial charge in [0.15, 0.2) is 22.9 Å². The number of halogens is 1. The minimum absolute atomic E-state index is 0.0228. The highest BCUT2D eigenvalue weighted by molar-refractivity contribution is 5.94. The minimum atomic E-state index is -0.468. The van der Waals surface area contributed by atoms with Crippen LogP contribution >= 0.6 is 0 Å². The van der Waals surface area contributed by atoms with E-state index < -0.39 is 5.82 Å². The number of pyridine rings is 1. The van der Waals surface area contributed by atoms with E-state index >= 15 is 0 Å². The number of imidazole rings is 2. The van der Waals surface area contributed by atoms with Gasteiger partial charge in [0.05, 0.1) is 23.8 Å². The van der Waals surface area contributed by atoms with E-state index in [4.69, 9.17) is 0 Å². The normalized spacial score (nSPS) is 22.9. The van der Waals surface area contributed by atoms with Gasteiger partial charge < -0.3 is 14.6 Å². The molecule has 4 aromatic heterocycles. The lowest BCUT2D eigenvalue weighted by Gasteiger charge is -2.12. The fourth-order valence-corrected chi connectivity index (χ4v) is 4.98. The van der Waals surface area contributed by atoms with Crippen LogP contribution in [-0.4, -0.2) is 54.9 Å². The van der Waals surface area contributed by atoms with Gasteiger partial charge in [-0.1, -0.05) is 0 Å². The minimum Gasteiger partial charge on any atom is -0.309 e. The van der Waals surface area contributed by atoms with Crippen LogP contribution in [0.25, 0.3) is 22.6 Å². The second-order valence-electron chi connectivity index (χ2n) is 8.86. The Bertz CT molecular complexity index is 1360. The number of amides is 1. The first-order valence-corrected chi connectivity index (χ1v) is 10.4. The molecule has 1 saturated heterocycles. The van der Waals surface area contributed by atoms with Gasteiger partial charge in [0.2, 0.25) is 5.91 Å². The smallest absolute Gasteiger partial charge is 0.229 e. The van der Waals surface area contributed by atoms with Crippen molar-refractivity contribution in [3.63, 3.8) is 0 Å². The van der Waals surface area contributed by atoms with Crippen LogP contribution in [0.4, 0.5) is 10.2 Å². The highest BCUT2D eigenvalue weighted by Crippen LogP contribution is 2.51. The maximum absolute atomic E-state index is 14.9. The Morgan fingerprint density at radius 1 is 1.10 bits per heavy atom. The molecule has 2 aliphatic rings. The number of hydrogen-bond acceptors (Lipinski definition) is 5. The summed E-state index contributed by atoms with van der Waals surface area (Å²) < 4.78 is 18.2. The lowest BCUT2D eigenvalue weighted by molar-refractivity contribution is -0.118. The first-order chi connectivity index (χ1) is 14.9. The average Bonchev–Trinajstić information content (AvgIpc) is 3.06. The third-order valence-electron chi connectivity index (χ3n) is 6.46. The molecule has 31 heavy (non-hydrogen) atoms. The van der Waals surface area contributed by atoms with Crippen molar-refractivity contribution in [3.8, 4) is 11.3 Å². The largest absolute Gasteiger partial charge is 0.309 e. The number of likely N-dealkylation sites (tertiary alicyclic amines) is 1. The molecule has 1 aliphatic heterocycles. The number of carbonyl (C=O) groups is 1. The second-order valence-corrected chi connectivity index (χ2v) is 8.86. The zero-order valence-corrected chi connectivity index (χ0v) is 17.5. The first-order valence-electron chi connectivity index (χ1n) is 10.4. The summed E-state index contributed by atoms with van der Waals surface area (Å²) in [6, 6.07) is 3.32. The summed E-state index contributed by atoms with van der Waals surface area (Å²) in [6.07, 6.45) is 5.27. The van der Waals surface area contributed by atoms with E-state index in [9.17, 15) is 9.18 Å². The average molecular weight is 419 g/mol. The third kappa shape index (κ3) is 2.91. The number of hydrogen-bond donors (Lipinski definition) is 1. The van der Waals surface area contributed by atoms with E-state index in [1.807, 2.05) is 26.1 Å². The third-order valence-corrected chi connectivity index (χ3v) is 6.46. The van der Waals surface area contributed by atoms with Crippen molar-refractivity contribution < 1.29 is 9.18 Å². The van der Waals surface area contributed by atoms with Crippen LogP contribution in [-0.2, 0) is 4.79 Å². The summed E-state index contributed by atoms with van der Waals surface area (Å²) in [5.41, 5.74) is 4.04. The summed E-state index contributed by atoms with van der Waals surface area (Å²) in [6.45, 7) is 5.78. The van der Waals surface area contributed by atoms with E-state index in [-0.39, 0.29) is 17.5 Å². The van der Waals surface area contributed by atoms with Crippen molar-refractivity contribution in [1.82, 2.24) is 28.9 Å². The van der Waals surface area contributed by atoms with E-state index in [0.717, 1.165) is 30.0 Å². The van der Waals surface area contributed by atoms with Crippen LogP contribution in [0, 0.1) is 37.4 Å². The zero-order valence-electron chi connectivity index (χ0n) is 17.5. The standard InChI is InChI=1S/C22H22FN7O/c1-11-4-17(27-30-6-12(2)24-20(11)30)13-5-16(23)21-25-18(10-29(21)7-13)26-22(31)19-14-8-28(3)9-15(14)19/h4-7,10,14-15,19H,8-9H2,1-3H3,(H,26,31)/t14-,15+,19?. The fraction of sp³-hybridized carbons (Fsp3) is 0.364. The SMILES string of the molecule is Cc1cn2nc(-c3cc(F)c4nc(NC(=O)C5[C@H]6CN(C)C[C@@H]56)cn4c3)cc(C)c2n1. The zero-order chi connectivity index (χ0) is 21.4. The lowest BCUT2D eigenvalue weighted by Crippen LogP contribution is -2.25. The van der Waals surface area contributed by atoms with Gasteiger partial charge in [-0.25, -0.2) is 18.9 Å². The Morgan fingerprint density at radius 3 is 2.65 bits per heavy atom. The van der Waals surface area contributed by atoms with E-state index in [2.05, 4.69) is 32.3 Å². The number of nitrogens with zero attached hydrogens (tertiary/aromatic N) is 6. The second kappa shape index (κ2) is 6.34. The number of aromatic nitrogens is 5. The molecule has 1 aliphatic carbocycles. The van der Waals surface area contributed by atoms with Gasteiger partial charge in [-0.3, -0.25) is 4.79 Å². The number of nitrogens with one attached hydrogen (secondary N) is 1. The topological polar surface area (TPSA) is 79.8 Å². The molecule has 1 unspecified atom stereocenters. The highest BCUT2D eigenvalue weighted by atomic mass is 19.1. The Labute approximate surface area is 177 Å². The highest BCUT2D eigenvalue weighted by Gasteiger charge is 2.58. The van der Waals surface area contributed by atoms with Crippen molar-refractivity contribution in [2.45, 2.75) is 13.8 Å². The van der Waals surface area contributed by atoms with E-state index in [0.29, 0.717) is 28.9 Å². The van der Waals surface area contributed by atoms with Crippen LogP contribution in [0.1, 0.15) is 11.3 Å². The summed E-state index contributed by atoms with van der Waals surface area (Å²) in [4.78, 5) is 23.6. The van der Waals surface area contributed by atoms with Crippen molar-refractivity contribution in [3.05, 3.63) is 47.8 Å². The fourth-order valence-electron chi connectivity index (χ4n) is 4.98. The van der Waals surface area contributed by atoms with Crippen LogP contribution in [0.3, 0.4) is 0 Å². The predicted octanol–water partition coefficient (Wildman–Crippen LogP) is 2.55. The van der Waals surface area contributed by atoms with Gasteiger partial charge in [-0.15, -0.1) is 0 Å². The first kappa shape index (κ1) is 18.4. The van der Waals surface area contributed by atoms with Crippen LogP contribution in [0.15, 0.2) is 30.7 Å². The van der Waals surface area contributed by atoms with Gasteiger partial charge in [0, 0.05) is 30.8 Å². The van der Waals surface area contributed by atoms with Crippen molar-refractivity contribution in [1.29, 1.82) is 0 Å². The molecule has 9 heteroatoms. The molecule has 2 fully saturated rings. The molecule has 1 saturated carbocycles. The number of anilines is 1. The molecule has 0 spiro atoms. The monoisotopic (exact) mass is 419 g/mol. The van der Waals surface area contributed by atoms with Gasteiger partial charge >= 0.3 is 0 Å². The molecule has 0 radical (unpaired) electrons. The van der Waals surface area contributed by atoms with Gasteiger partial charge in [0.1, 0.15) is 0 Å². The maximum atomic E-state index is 14.9.